The SMILES string of the molecule is CCCN(C)C(=O)N(CSc1ccc(Cl)cc1Cl)c1ccc(Cl)c(Cl)c1. The van der Waals surface area contributed by atoms with Crippen molar-refractivity contribution in [2.75, 3.05) is 24.4 Å². The molecule has 0 saturated carbocycles. The van der Waals surface area contributed by atoms with Crippen molar-refractivity contribution in [1.29, 1.82) is 0 Å². The predicted octanol–water partition coefficient (Wildman–Crippen LogP) is 7.32. The van der Waals surface area contributed by atoms with E-state index in [4.69, 9.17) is 46.4 Å². The molecule has 0 fully saturated rings. The number of benzene rings is 2. The van der Waals surface area contributed by atoms with Crippen LogP contribution in [0.5, 0.6) is 0 Å². The summed E-state index contributed by atoms with van der Waals surface area (Å²) in [5, 5.41) is 1.96. The summed E-state index contributed by atoms with van der Waals surface area (Å²) in [6.07, 6.45) is 0.869. The zero-order chi connectivity index (χ0) is 19.3. The van der Waals surface area contributed by atoms with Crippen LogP contribution < -0.4 is 4.90 Å². The fourth-order valence-electron chi connectivity index (χ4n) is 2.26. The molecule has 140 valence electrons. The lowest BCUT2D eigenvalue weighted by atomic mass is 10.3. The van der Waals surface area contributed by atoms with Crippen LogP contribution in [0.4, 0.5) is 10.5 Å². The minimum Gasteiger partial charge on any atom is -0.327 e. The Bertz CT molecular complexity index is 788. The molecule has 0 atom stereocenters. The number of anilines is 1. The summed E-state index contributed by atoms with van der Waals surface area (Å²) in [5.41, 5.74) is 0.671. The number of carbonyl (C=O) groups is 1. The van der Waals surface area contributed by atoms with Crippen LogP contribution in [0, 0.1) is 0 Å². The van der Waals surface area contributed by atoms with Gasteiger partial charge in [-0.2, -0.15) is 0 Å². The van der Waals surface area contributed by atoms with Crippen molar-refractivity contribution in [3.63, 3.8) is 0 Å². The number of urea groups is 1. The Morgan fingerprint density at radius 1 is 1.00 bits per heavy atom. The molecule has 0 aliphatic rings. The smallest absolute Gasteiger partial charge is 0.324 e. The van der Waals surface area contributed by atoms with Crippen LogP contribution in [0.15, 0.2) is 41.3 Å². The average molecular weight is 452 g/mol. The minimum atomic E-state index is -0.122. The lowest BCUT2D eigenvalue weighted by molar-refractivity contribution is 0.216. The second kappa shape index (κ2) is 9.95. The Labute approximate surface area is 178 Å². The van der Waals surface area contributed by atoms with E-state index in [1.165, 1.54) is 11.8 Å². The van der Waals surface area contributed by atoms with E-state index < -0.39 is 0 Å². The molecule has 0 radical (unpaired) electrons. The van der Waals surface area contributed by atoms with E-state index >= 15 is 0 Å². The Kier molecular flexibility index (Phi) is 8.24. The highest BCUT2D eigenvalue weighted by atomic mass is 35.5. The van der Waals surface area contributed by atoms with Crippen molar-refractivity contribution in [1.82, 2.24) is 4.90 Å². The van der Waals surface area contributed by atoms with Crippen molar-refractivity contribution < 1.29 is 4.79 Å². The predicted molar refractivity (Wildman–Crippen MR) is 114 cm³/mol. The Morgan fingerprint density at radius 3 is 2.35 bits per heavy atom. The molecule has 26 heavy (non-hydrogen) atoms. The fraction of sp³-hybridized carbons (Fsp3) is 0.278. The van der Waals surface area contributed by atoms with Gasteiger partial charge in [-0.3, -0.25) is 4.90 Å². The van der Waals surface area contributed by atoms with Crippen LogP contribution in [0.3, 0.4) is 0 Å². The van der Waals surface area contributed by atoms with Crippen LogP contribution in [0.25, 0.3) is 0 Å². The van der Waals surface area contributed by atoms with Crippen LogP contribution in [0.1, 0.15) is 13.3 Å². The first-order valence-electron chi connectivity index (χ1n) is 7.89. The van der Waals surface area contributed by atoms with E-state index in [0.29, 0.717) is 38.2 Å². The molecule has 0 aromatic heterocycles. The molecule has 0 aliphatic heterocycles. The normalized spacial score (nSPS) is 10.7. The van der Waals surface area contributed by atoms with Crippen LogP contribution in [0.2, 0.25) is 20.1 Å². The number of hydrogen-bond donors (Lipinski definition) is 0. The van der Waals surface area contributed by atoms with Crippen LogP contribution in [-0.2, 0) is 0 Å². The van der Waals surface area contributed by atoms with Gasteiger partial charge in [0.1, 0.15) is 0 Å². The first-order chi connectivity index (χ1) is 12.3. The van der Waals surface area contributed by atoms with Crippen molar-refractivity contribution in [2.45, 2.75) is 18.2 Å². The average Bonchev–Trinajstić information content (AvgIpc) is 2.59. The van der Waals surface area contributed by atoms with E-state index in [0.717, 1.165) is 11.3 Å². The molecule has 0 bridgehead atoms. The highest BCUT2D eigenvalue weighted by Crippen LogP contribution is 2.33. The van der Waals surface area contributed by atoms with Crippen molar-refractivity contribution in [2.24, 2.45) is 0 Å². The molecule has 2 rings (SSSR count). The molecular formula is C18H18Cl4N2OS. The summed E-state index contributed by atoms with van der Waals surface area (Å²) in [5.74, 6) is 0.367. The quantitative estimate of drug-likeness (QED) is 0.339. The molecule has 3 nitrogen and oxygen atoms in total. The van der Waals surface area contributed by atoms with Crippen LogP contribution in [-0.4, -0.2) is 30.4 Å². The zero-order valence-electron chi connectivity index (χ0n) is 14.3. The fourth-order valence-corrected chi connectivity index (χ4v) is 4.01. The van der Waals surface area contributed by atoms with Gasteiger partial charge in [-0.05, 0) is 42.8 Å². The number of nitrogens with zero attached hydrogens (tertiary/aromatic N) is 2. The summed E-state index contributed by atoms with van der Waals surface area (Å²) in [6, 6.07) is 10.3. The first-order valence-corrected chi connectivity index (χ1v) is 10.4. The number of thioether (sulfide) groups is 1. The first kappa shape index (κ1) is 21.5. The van der Waals surface area contributed by atoms with E-state index in [1.54, 1.807) is 47.2 Å². The van der Waals surface area contributed by atoms with Gasteiger partial charge >= 0.3 is 6.03 Å². The number of amides is 2. The topological polar surface area (TPSA) is 23.6 Å². The van der Waals surface area contributed by atoms with E-state index in [2.05, 4.69) is 0 Å². The summed E-state index contributed by atoms with van der Waals surface area (Å²) in [6.45, 7) is 2.68. The van der Waals surface area contributed by atoms with Gasteiger partial charge in [0.15, 0.2) is 0 Å². The second-order valence-corrected chi connectivity index (χ2v) is 8.22. The van der Waals surface area contributed by atoms with Gasteiger partial charge in [0.2, 0.25) is 0 Å². The molecular weight excluding hydrogens is 434 g/mol. The molecule has 0 aliphatic carbocycles. The number of hydrogen-bond acceptors (Lipinski definition) is 2. The Hall–Kier alpha value is -0.780. The summed E-state index contributed by atoms with van der Waals surface area (Å²) in [7, 11) is 1.77. The third-order valence-electron chi connectivity index (χ3n) is 3.57. The van der Waals surface area contributed by atoms with Gasteiger partial charge in [-0.15, -0.1) is 11.8 Å². The lowest BCUT2D eigenvalue weighted by Gasteiger charge is -2.28. The summed E-state index contributed by atoms with van der Waals surface area (Å²) >= 11 is 25.8. The van der Waals surface area contributed by atoms with Gasteiger partial charge in [0.25, 0.3) is 0 Å². The molecule has 0 unspecified atom stereocenters. The maximum Gasteiger partial charge on any atom is 0.324 e. The largest absolute Gasteiger partial charge is 0.327 e. The van der Waals surface area contributed by atoms with Gasteiger partial charge in [0, 0.05) is 29.2 Å². The monoisotopic (exact) mass is 450 g/mol. The van der Waals surface area contributed by atoms with Gasteiger partial charge in [0.05, 0.1) is 20.9 Å². The molecule has 2 aromatic rings. The van der Waals surface area contributed by atoms with Crippen molar-refractivity contribution in [3.05, 3.63) is 56.5 Å². The summed E-state index contributed by atoms with van der Waals surface area (Å²) < 4.78 is 0. The molecule has 2 aromatic carbocycles. The number of carbonyl (C=O) groups excluding carboxylic acids is 1. The lowest BCUT2D eigenvalue weighted by Crippen LogP contribution is -2.41. The highest BCUT2D eigenvalue weighted by molar-refractivity contribution is 7.99. The second-order valence-electron chi connectivity index (χ2n) is 5.58. The van der Waals surface area contributed by atoms with Crippen LogP contribution >= 0.6 is 58.2 Å². The number of halogens is 4. The van der Waals surface area contributed by atoms with Crippen molar-refractivity contribution in [3.8, 4) is 0 Å². The summed E-state index contributed by atoms with van der Waals surface area (Å²) in [4.78, 5) is 17.1. The molecule has 0 spiro atoms. The van der Waals surface area contributed by atoms with Gasteiger partial charge < -0.3 is 4.90 Å². The standard InChI is InChI=1S/C18H18Cl4N2OS/c1-3-8-23(2)18(25)24(13-5-6-14(20)15(21)10-13)11-26-17-7-4-12(19)9-16(17)22/h4-7,9-10H,3,8,11H2,1-2H3. The molecule has 0 heterocycles. The third kappa shape index (κ3) is 5.61. The molecule has 2 amide bonds. The Morgan fingerprint density at radius 2 is 1.73 bits per heavy atom. The minimum absolute atomic E-state index is 0.122. The van der Waals surface area contributed by atoms with Gasteiger partial charge in [-0.25, -0.2) is 4.79 Å². The van der Waals surface area contributed by atoms with E-state index in [-0.39, 0.29) is 6.03 Å². The molecule has 0 saturated heterocycles. The zero-order valence-corrected chi connectivity index (χ0v) is 18.1. The highest BCUT2D eigenvalue weighted by Gasteiger charge is 2.21. The maximum atomic E-state index is 12.9. The Balaban J connectivity index is 2.27. The van der Waals surface area contributed by atoms with Gasteiger partial charge in [-0.1, -0.05) is 53.3 Å². The molecule has 0 N–H and O–H groups in total. The van der Waals surface area contributed by atoms with E-state index in [9.17, 15) is 4.79 Å². The number of rotatable bonds is 6. The maximum absolute atomic E-state index is 12.9. The van der Waals surface area contributed by atoms with E-state index in [1.807, 2.05) is 13.0 Å². The third-order valence-corrected chi connectivity index (χ3v) is 6.03. The van der Waals surface area contributed by atoms with Crippen molar-refractivity contribution >= 4 is 69.9 Å². The molecule has 8 heteroatoms.